The van der Waals surface area contributed by atoms with Crippen LogP contribution in [-0.2, 0) is 11.3 Å². The maximum absolute atomic E-state index is 12.5. The molecule has 30 heavy (non-hydrogen) atoms. The molecule has 0 radical (unpaired) electrons. The summed E-state index contributed by atoms with van der Waals surface area (Å²) in [5, 5.41) is 8.01. The van der Waals surface area contributed by atoms with Gasteiger partial charge in [0, 0.05) is 5.56 Å². The van der Waals surface area contributed by atoms with Crippen molar-refractivity contribution in [3.63, 3.8) is 0 Å². The van der Waals surface area contributed by atoms with Crippen molar-refractivity contribution in [2.75, 3.05) is 11.9 Å². The number of carbonyl (C=O) groups is 3. The zero-order chi connectivity index (χ0) is 21.5. The van der Waals surface area contributed by atoms with Gasteiger partial charge in [-0.1, -0.05) is 18.2 Å². The first-order chi connectivity index (χ1) is 14.4. The second-order valence-corrected chi connectivity index (χ2v) is 6.84. The molecule has 7 nitrogen and oxygen atoms in total. The van der Waals surface area contributed by atoms with Crippen LogP contribution >= 0.6 is 0 Å². The highest BCUT2D eigenvalue weighted by atomic mass is 16.3. The van der Waals surface area contributed by atoms with Crippen LogP contribution in [0.25, 0.3) is 0 Å². The molecule has 3 aromatic rings. The van der Waals surface area contributed by atoms with Crippen LogP contribution < -0.4 is 16.0 Å². The summed E-state index contributed by atoms with van der Waals surface area (Å²) in [6.45, 7) is 3.91. The van der Waals surface area contributed by atoms with Gasteiger partial charge in [0.2, 0.25) is 5.91 Å². The van der Waals surface area contributed by atoms with Crippen molar-refractivity contribution in [2.45, 2.75) is 20.4 Å². The minimum Gasteiger partial charge on any atom is -0.467 e. The van der Waals surface area contributed by atoms with Gasteiger partial charge >= 0.3 is 0 Å². The van der Waals surface area contributed by atoms with E-state index in [-0.39, 0.29) is 24.9 Å². The lowest BCUT2D eigenvalue weighted by Crippen LogP contribution is -2.33. The van der Waals surface area contributed by atoms with Crippen LogP contribution in [0.4, 0.5) is 5.69 Å². The second kappa shape index (κ2) is 9.56. The molecule has 0 saturated carbocycles. The van der Waals surface area contributed by atoms with Gasteiger partial charge in [0.25, 0.3) is 11.8 Å². The Balaban J connectivity index is 1.57. The van der Waals surface area contributed by atoms with Gasteiger partial charge in [0.05, 0.1) is 30.6 Å². The van der Waals surface area contributed by atoms with Gasteiger partial charge < -0.3 is 20.4 Å². The molecule has 0 atom stereocenters. The smallest absolute Gasteiger partial charge is 0.253 e. The molecule has 2 aromatic carbocycles. The third kappa shape index (κ3) is 5.35. The molecule has 0 unspecified atom stereocenters. The number of furan rings is 1. The topological polar surface area (TPSA) is 100 Å². The highest BCUT2D eigenvalue weighted by Crippen LogP contribution is 2.15. The summed E-state index contributed by atoms with van der Waals surface area (Å²) < 4.78 is 5.19. The van der Waals surface area contributed by atoms with Gasteiger partial charge in [-0.25, -0.2) is 0 Å². The van der Waals surface area contributed by atoms with E-state index in [1.165, 1.54) is 6.26 Å². The van der Waals surface area contributed by atoms with Crippen LogP contribution in [0.1, 0.15) is 37.6 Å². The molecule has 3 amide bonds. The number of para-hydroxylation sites is 1. The molecule has 1 aromatic heterocycles. The number of anilines is 1. The molecule has 1 heterocycles. The number of aryl methyl sites for hydroxylation is 2. The van der Waals surface area contributed by atoms with Crippen molar-refractivity contribution >= 4 is 23.4 Å². The van der Waals surface area contributed by atoms with E-state index in [9.17, 15) is 14.4 Å². The first-order valence-electron chi connectivity index (χ1n) is 9.49. The van der Waals surface area contributed by atoms with Crippen LogP contribution in [0.3, 0.4) is 0 Å². The molecule has 0 aliphatic rings. The number of nitrogens with one attached hydrogen (secondary N) is 3. The van der Waals surface area contributed by atoms with E-state index in [1.54, 1.807) is 48.5 Å². The van der Waals surface area contributed by atoms with E-state index >= 15 is 0 Å². The standard InChI is InChI=1S/C23H23N3O4/c1-15-9-10-17(12-16(15)2)22(28)25-14-21(27)26-20-8-4-3-7-19(20)23(29)24-13-18-6-5-11-30-18/h3-12H,13-14H2,1-2H3,(H,24,29)(H,25,28)(H,26,27). The molecular formula is C23H23N3O4. The first kappa shape index (κ1) is 20.9. The summed E-state index contributed by atoms with van der Waals surface area (Å²) >= 11 is 0. The third-order valence-corrected chi connectivity index (χ3v) is 4.63. The summed E-state index contributed by atoms with van der Waals surface area (Å²) in [7, 11) is 0. The number of hydrogen-bond donors (Lipinski definition) is 3. The maximum Gasteiger partial charge on any atom is 0.253 e. The average Bonchev–Trinajstić information content (AvgIpc) is 3.26. The number of hydrogen-bond acceptors (Lipinski definition) is 4. The van der Waals surface area contributed by atoms with E-state index in [1.807, 2.05) is 19.9 Å². The Morgan fingerprint density at radius 1 is 0.867 bits per heavy atom. The summed E-state index contributed by atoms with van der Waals surface area (Å²) in [4.78, 5) is 37.1. The van der Waals surface area contributed by atoms with Crippen molar-refractivity contribution in [3.05, 3.63) is 88.9 Å². The van der Waals surface area contributed by atoms with E-state index in [0.717, 1.165) is 11.1 Å². The lowest BCUT2D eigenvalue weighted by atomic mass is 10.1. The van der Waals surface area contributed by atoms with Crippen LogP contribution in [0.2, 0.25) is 0 Å². The largest absolute Gasteiger partial charge is 0.467 e. The van der Waals surface area contributed by atoms with E-state index < -0.39 is 5.91 Å². The monoisotopic (exact) mass is 405 g/mol. The first-order valence-corrected chi connectivity index (χ1v) is 9.49. The zero-order valence-electron chi connectivity index (χ0n) is 16.8. The fraction of sp³-hybridized carbons (Fsp3) is 0.174. The summed E-state index contributed by atoms with van der Waals surface area (Å²) in [6, 6.07) is 15.5. The average molecular weight is 405 g/mol. The fourth-order valence-corrected chi connectivity index (χ4v) is 2.81. The Bertz CT molecular complexity index is 1060. The SMILES string of the molecule is Cc1ccc(C(=O)NCC(=O)Nc2ccccc2C(=O)NCc2ccco2)cc1C. The summed E-state index contributed by atoms with van der Waals surface area (Å²) in [5.74, 6) is -0.489. The van der Waals surface area contributed by atoms with Gasteiger partial charge in [-0.3, -0.25) is 14.4 Å². The molecular weight excluding hydrogens is 382 g/mol. The third-order valence-electron chi connectivity index (χ3n) is 4.63. The fourth-order valence-electron chi connectivity index (χ4n) is 2.81. The number of amides is 3. The van der Waals surface area contributed by atoms with Gasteiger partial charge in [-0.05, 0) is 61.4 Å². The molecule has 0 saturated heterocycles. The van der Waals surface area contributed by atoms with Crippen molar-refractivity contribution in [2.24, 2.45) is 0 Å². The normalized spacial score (nSPS) is 10.3. The molecule has 154 valence electrons. The summed E-state index contributed by atoms with van der Waals surface area (Å²) in [6.07, 6.45) is 1.53. The number of carbonyl (C=O) groups excluding carboxylic acids is 3. The number of rotatable bonds is 7. The van der Waals surface area contributed by atoms with Crippen LogP contribution in [-0.4, -0.2) is 24.3 Å². The van der Waals surface area contributed by atoms with Crippen LogP contribution in [0.15, 0.2) is 65.3 Å². The Kier molecular flexibility index (Phi) is 6.64. The molecule has 7 heteroatoms. The van der Waals surface area contributed by atoms with Crippen molar-refractivity contribution in [1.82, 2.24) is 10.6 Å². The Labute approximate surface area is 174 Å². The predicted octanol–water partition coefficient (Wildman–Crippen LogP) is 3.19. The van der Waals surface area contributed by atoms with Crippen molar-refractivity contribution in [3.8, 4) is 0 Å². The minimum atomic E-state index is -0.432. The van der Waals surface area contributed by atoms with Gasteiger partial charge in [-0.15, -0.1) is 0 Å². The highest BCUT2D eigenvalue weighted by Gasteiger charge is 2.14. The molecule has 3 N–H and O–H groups in total. The Morgan fingerprint density at radius 2 is 1.67 bits per heavy atom. The second-order valence-electron chi connectivity index (χ2n) is 6.84. The quantitative estimate of drug-likeness (QED) is 0.562. The Hall–Kier alpha value is -3.87. The highest BCUT2D eigenvalue weighted by molar-refractivity contribution is 6.05. The Morgan fingerprint density at radius 3 is 2.40 bits per heavy atom. The lowest BCUT2D eigenvalue weighted by molar-refractivity contribution is -0.115. The minimum absolute atomic E-state index is 0.214. The van der Waals surface area contributed by atoms with Crippen LogP contribution in [0, 0.1) is 13.8 Å². The molecule has 0 fully saturated rings. The maximum atomic E-state index is 12.5. The van der Waals surface area contributed by atoms with Crippen molar-refractivity contribution < 1.29 is 18.8 Å². The molecule has 0 aliphatic heterocycles. The molecule has 3 rings (SSSR count). The van der Waals surface area contributed by atoms with Crippen LogP contribution in [0.5, 0.6) is 0 Å². The van der Waals surface area contributed by atoms with E-state index in [0.29, 0.717) is 22.6 Å². The van der Waals surface area contributed by atoms with Gasteiger partial charge in [-0.2, -0.15) is 0 Å². The molecule has 0 aliphatic carbocycles. The molecule has 0 bridgehead atoms. The van der Waals surface area contributed by atoms with E-state index in [2.05, 4.69) is 16.0 Å². The zero-order valence-corrected chi connectivity index (χ0v) is 16.8. The molecule has 0 spiro atoms. The lowest BCUT2D eigenvalue weighted by Gasteiger charge is -2.12. The van der Waals surface area contributed by atoms with Crippen molar-refractivity contribution in [1.29, 1.82) is 0 Å². The predicted molar refractivity (Wildman–Crippen MR) is 113 cm³/mol. The van der Waals surface area contributed by atoms with Gasteiger partial charge in [0.1, 0.15) is 5.76 Å². The number of benzene rings is 2. The van der Waals surface area contributed by atoms with E-state index in [4.69, 9.17) is 4.42 Å². The van der Waals surface area contributed by atoms with Gasteiger partial charge in [0.15, 0.2) is 0 Å². The summed E-state index contributed by atoms with van der Waals surface area (Å²) in [5.41, 5.74) is 3.26.